The van der Waals surface area contributed by atoms with Crippen LogP contribution in [0.2, 0.25) is 0 Å². The number of nitriles is 1. The third kappa shape index (κ3) is 3.18. The Bertz CT molecular complexity index is 722. The molecule has 0 saturated heterocycles. The number of benzene rings is 2. The Hall–Kier alpha value is -2.87. The molecule has 0 bridgehead atoms. The van der Waals surface area contributed by atoms with E-state index in [2.05, 4.69) is 5.32 Å². The van der Waals surface area contributed by atoms with Gasteiger partial charge in [-0.25, -0.2) is 4.39 Å². The molecule has 1 atom stereocenters. The Kier molecular flexibility index (Phi) is 4.19. The van der Waals surface area contributed by atoms with Gasteiger partial charge >= 0.3 is 0 Å². The van der Waals surface area contributed by atoms with Gasteiger partial charge in [0.05, 0.1) is 11.6 Å². The first kappa shape index (κ1) is 14.5. The van der Waals surface area contributed by atoms with Crippen LogP contribution in [-0.4, -0.2) is 5.91 Å². The molecule has 0 heterocycles. The summed E-state index contributed by atoms with van der Waals surface area (Å²) < 4.78 is 13.5. The molecule has 0 fully saturated rings. The van der Waals surface area contributed by atoms with Gasteiger partial charge in [0.2, 0.25) is 5.91 Å². The van der Waals surface area contributed by atoms with Crippen molar-refractivity contribution < 1.29 is 9.18 Å². The van der Waals surface area contributed by atoms with Crippen LogP contribution in [0.15, 0.2) is 42.5 Å². The number of carbonyl (C=O) groups excluding carboxylic acids is 1. The van der Waals surface area contributed by atoms with E-state index < -0.39 is 11.7 Å². The maximum atomic E-state index is 13.5. The molecule has 2 aromatic carbocycles. The monoisotopic (exact) mass is 283 g/mol. The van der Waals surface area contributed by atoms with Crippen molar-refractivity contribution >= 4 is 17.3 Å². The number of carbonyl (C=O) groups is 1. The van der Waals surface area contributed by atoms with Crippen LogP contribution >= 0.6 is 0 Å². The quantitative estimate of drug-likeness (QED) is 0.850. The fourth-order valence-electron chi connectivity index (χ4n) is 1.96. The highest BCUT2D eigenvalue weighted by atomic mass is 19.1. The Morgan fingerprint density at radius 2 is 2.05 bits per heavy atom. The third-order valence-corrected chi connectivity index (χ3v) is 3.19. The lowest BCUT2D eigenvalue weighted by atomic mass is 9.99. The number of anilines is 2. The standard InChI is InChI=1S/C16H14FN3O/c1-10(11-4-2-5-12(19)8-11)16(21)20-15-7-3-6-14(17)13(15)9-18/h2-8,10H,19H2,1H3,(H,20,21). The lowest BCUT2D eigenvalue weighted by Gasteiger charge is -2.14. The summed E-state index contributed by atoms with van der Waals surface area (Å²) in [6.07, 6.45) is 0. The number of hydrogen-bond acceptors (Lipinski definition) is 3. The van der Waals surface area contributed by atoms with Gasteiger partial charge in [-0.3, -0.25) is 4.79 Å². The molecule has 21 heavy (non-hydrogen) atoms. The molecule has 3 N–H and O–H groups in total. The minimum Gasteiger partial charge on any atom is -0.399 e. The summed E-state index contributed by atoms with van der Waals surface area (Å²) in [5.74, 6) is -1.46. The van der Waals surface area contributed by atoms with E-state index in [0.717, 1.165) is 5.56 Å². The highest BCUT2D eigenvalue weighted by Gasteiger charge is 2.17. The summed E-state index contributed by atoms with van der Waals surface area (Å²) in [5.41, 5.74) is 7.00. The van der Waals surface area contributed by atoms with Crippen LogP contribution in [0.1, 0.15) is 24.0 Å². The van der Waals surface area contributed by atoms with Crippen LogP contribution in [-0.2, 0) is 4.79 Å². The summed E-state index contributed by atoms with van der Waals surface area (Å²) in [6.45, 7) is 1.72. The van der Waals surface area contributed by atoms with Gasteiger partial charge in [0.25, 0.3) is 0 Å². The summed E-state index contributed by atoms with van der Waals surface area (Å²) in [6, 6.07) is 12.8. The molecule has 2 aromatic rings. The maximum Gasteiger partial charge on any atom is 0.231 e. The van der Waals surface area contributed by atoms with E-state index in [1.807, 2.05) is 0 Å². The fourth-order valence-corrected chi connectivity index (χ4v) is 1.96. The van der Waals surface area contributed by atoms with E-state index in [4.69, 9.17) is 11.0 Å². The summed E-state index contributed by atoms with van der Waals surface area (Å²) in [4.78, 5) is 12.2. The van der Waals surface area contributed by atoms with E-state index >= 15 is 0 Å². The number of nitrogens with one attached hydrogen (secondary N) is 1. The molecule has 106 valence electrons. The summed E-state index contributed by atoms with van der Waals surface area (Å²) >= 11 is 0. The minimum atomic E-state index is -0.660. The van der Waals surface area contributed by atoms with Gasteiger partial charge in [-0.15, -0.1) is 0 Å². The van der Waals surface area contributed by atoms with Gasteiger partial charge < -0.3 is 11.1 Å². The average Bonchev–Trinajstić information content (AvgIpc) is 2.46. The van der Waals surface area contributed by atoms with E-state index in [9.17, 15) is 9.18 Å². The zero-order chi connectivity index (χ0) is 15.4. The second kappa shape index (κ2) is 6.06. The molecule has 1 amide bonds. The Morgan fingerprint density at radius 1 is 1.33 bits per heavy atom. The van der Waals surface area contributed by atoms with Crippen molar-refractivity contribution in [3.8, 4) is 6.07 Å². The molecule has 0 aliphatic heterocycles. The van der Waals surface area contributed by atoms with Crippen molar-refractivity contribution in [3.63, 3.8) is 0 Å². The van der Waals surface area contributed by atoms with Gasteiger partial charge in [0.15, 0.2) is 0 Å². The number of rotatable bonds is 3. The van der Waals surface area contributed by atoms with E-state index in [1.165, 1.54) is 18.2 Å². The molecule has 0 spiro atoms. The van der Waals surface area contributed by atoms with Crippen molar-refractivity contribution in [1.82, 2.24) is 0 Å². The molecular weight excluding hydrogens is 269 g/mol. The Morgan fingerprint density at radius 3 is 2.71 bits per heavy atom. The molecule has 2 rings (SSSR count). The van der Waals surface area contributed by atoms with Gasteiger partial charge in [-0.05, 0) is 36.8 Å². The number of halogens is 1. The van der Waals surface area contributed by atoms with Crippen molar-refractivity contribution in [2.45, 2.75) is 12.8 Å². The van der Waals surface area contributed by atoms with Gasteiger partial charge in [-0.2, -0.15) is 5.26 Å². The first-order valence-corrected chi connectivity index (χ1v) is 6.38. The predicted molar refractivity (Wildman–Crippen MR) is 79.0 cm³/mol. The first-order valence-electron chi connectivity index (χ1n) is 6.38. The van der Waals surface area contributed by atoms with Crippen molar-refractivity contribution in [1.29, 1.82) is 5.26 Å². The zero-order valence-electron chi connectivity index (χ0n) is 11.4. The molecule has 0 aliphatic rings. The molecule has 4 nitrogen and oxygen atoms in total. The van der Waals surface area contributed by atoms with Gasteiger partial charge in [-0.1, -0.05) is 18.2 Å². The molecule has 0 radical (unpaired) electrons. The second-order valence-electron chi connectivity index (χ2n) is 4.66. The van der Waals surface area contributed by atoms with Gasteiger partial charge in [0, 0.05) is 5.69 Å². The number of nitrogen functional groups attached to an aromatic ring is 1. The number of nitrogens with zero attached hydrogens (tertiary/aromatic N) is 1. The topological polar surface area (TPSA) is 78.9 Å². The lowest BCUT2D eigenvalue weighted by molar-refractivity contribution is -0.117. The van der Waals surface area contributed by atoms with Crippen molar-refractivity contribution in [2.75, 3.05) is 11.1 Å². The lowest BCUT2D eigenvalue weighted by Crippen LogP contribution is -2.19. The summed E-state index contributed by atoms with van der Waals surface area (Å²) in [7, 11) is 0. The number of nitrogens with two attached hydrogens (primary N) is 1. The van der Waals surface area contributed by atoms with E-state index in [-0.39, 0.29) is 17.2 Å². The maximum absolute atomic E-state index is 13.5. The van der Waals surface area contributed by atoms with Crippen LogP contribution in [0.5, 0.6) is 0 Å². The molecule has 0 aromatic heterocycles. The Labute approximate surface area is 122 Å². The smallest absolute Gasteiger partial charge is 0.231 e. The summed E-state index contributed by atoms with van der Waals surface area (Å²) in [5, 5.41) is 11.5. The second-order valence-corrected chi connectivity index (χ2v) is 4.66. The number of hydrogen-bond donors (Lipinski definition) is 2. The molecule has 5 heteroatoms. The zero-order valence-corrected chi connectivity index (χ0v) is 11.4. The highest BCUT2D eigenvalue weighted by molar-refractivity contribution is 5.96. The molecule has 0 saturated carbocycles. The average molecular weight is 283 g/mol. The minimum absolute atomic E-state index is 0.165. The normalized spacial score (nSPS) is 11.5. The van der Waals surface area contributed by atoms with E-state index in [1.54, 1.807) is 37.3 Å². The van der Waals surface area contributed by atoms with Crippen LogP contribution in [0, 0.1) is 17.1 Å². The number of amides is 1. The molecule has 1 unspecified atom stereocenters. The Balaban J connectivity index is 2.23. The third-order valence-electron chi connectivity index (χ3n) is 3.19. The van der Waals surface area contributed by atoms with Crippen LogP contribution in [0.25, 0.3) is 0 Å². The van der Waals surface area contributed by atoms with Crippen molar-refractivity contribution in [2.24, 2.45) is 0 Å². The van der Waals surface area contributed by atoms with Gasteiger partial charge in [0.1, 0.15) is 17.4 Å². The first-order chi connectivity index (χ1) is 10.0. The van der Waals surface area contributed by atoms with Crippen LogP contribution < -0.4 is 11.1 Å². The predicted octanol–water partition coefficient (Wildman–Crippen LogP) is 3.02. The van der Waals surface area contributed by atoms with Crippen LogP contribution in [0.3, 0.4) is 0 Å². The molecular formula is C16H14FN3O. The largest absolute Gasteiger partial charge is 0.399 e. The fraction of sp³-hybridized carbons (Fsp3) is 0.125. The highest BCUT2D eigenvalue weighted by Crippen LogP contribution is 2.22. The van der Waals surface area contributed by atoms with Crippen molar-refractivity contribution in [3.05, 3.63) is 59.4 Å². The molecule has 0 aliphatic carbocycles. The van der Waals surface area contributed by atoms with Crippen LogP contribution in [0.4, 0.5) is 15.8 Å². The van der Waals surface area contributed by atoms with E-state index in [0.29, 0.717) is 5.69 Å². The SMILES string of the molecule is CC(C(=O)Nc1cccc(F)c1C#N)c1cccc(N)c1.